The lowest BCUT2D eigenvalue weighted by Gasteiger charge is -2.43. The smallest absolute Gasteiger partial charge is 0.00357 e. The molecule has 0 aromatic heterocycles. The lowest BCUT2D eigenvalue weighted by molar-refractivity contribution is 0.112. The number of hydrogen-bond acceptors (Lipinski definition) is 1. The molecule has 1 unspecified atom stereocenters. The molecule has 1 nitrogen and oxygen atoms in total. The first-order valence-corrected chi connectivity index (χ1v) is 8.88. The van der Waals surface area contributed by atoms with Gasteiger partial charge in [-0.15, -0.1) is 6.58 Å². The molecule has 120 valence electrons. The van der Waals surface area contributed by atoms with Crippen molar-refractivity contribution >= 4 is 0 Å². The van der Waals surface area contributed by atoms with E-state index in [4.69, 9.17) is 0 Å². The summed E-state index contributed by atoms with van der Waals surface area (Å²) in [6.07, 6.45) is 7.20. The zero-order chi connectivity index (χ0) is 15.8. The van der Waals surface area contributed by atoms with Gasteiger partial charge in [0.1, 0.15) is 0 Å². The minimum absolute atomic E-state index is 0.354. The van der Waals surface area contributed by atoms with Gasteiger partial charge in [-0.3, -0.25) is 0 Å². The molecule has 0 N–H and O–H groups in total. The van der Waals surface area contributed by atoms with Crippen LogP contribution in [0.4, 0.5) is 0 Å². The number of benzene rings is 1. The minimum Gasteiger partial charge on any atom is -0.303 e. The highest BCUT2D eigenvalue weighted by Crippen LogP contribution is 2.51. The Morgan fingerprint density at radius 3 is 2.64 bits per heavy atom. The lowest BCUT2D eigenvalue weighted by atomic mass is 9.73. The minimum atomic E-state index is 0.354. The van der Waals surface area contributed by atoms with Crippen LogP contribution in [0.2, 0.25) is 0 Å². The van der Waals surface area contributed by atoms with Crippen molar-refractivity contribution in [1.82, 2.24) is 4.90 Å². The molecule has 1 aromatic carbocycles. The Bertz CT molecular complexity index is 535. The van der Waals surface area contributed by atoms with Crippen LogP contribution in [0.15, 0.2) is 36.9 Å². The Morgan fingerprint density at radius 1 is 1.27 bits per heavy atom. The average molecular weight is 297 g/mol. The molecule has 1 heteroatoms. The SMILES string of the molecule is C=CCC(C)(C)CN1CCC2(CC1)CC(C)c1ccccc12. The van der Waals surface area contributed by atoms with E-state index in [1.54, 1.807) is 11.1 Å². The number of rotatable bonds is 4. The highest BCUT2D eigenvalue weighted by molar-refractivity contribution is 5.42. The third-order valence-electron chi connectivity index (χ3n) is 5.92. The molecule has 1 heterocycles. The highest BCUT2D eigenvalue weighted by atomic mass is 15.1. The van der Waals surface area contributed by atoms with Crippen LogP contribution in [0.5, 0.6) is 0 Å². The number of nitrogens with zero attached hydrogens (tertiary/aromatic N) is 1. The Kier molecular flexibility index (Phi) is 4.20. The van der Waals surface area contributed by atoms with E-state index in [9.17, 15) is 0 Å². The molecule has 1 aliphatic heterocycles. The molecule has 1 aromatic rings. The molecule has 1 aliphatic carbocycles. The van der Waals surface area contributed by atoms with E-state index in [-0.39, 0.29) is 0 Å². The number of fused-ring (bicyclic) bond motifs is 2. The summed E-state index contributed by atoms with van der Waals surface area (Å²) in [4.78, 5) is 2.68. The van der Waals surface area contributed by atoms with Gasteiger partial charge in [-0.05, 0) is 66.6 Å². The van der Waals surface area contributed by atoms with Crippen molar-refractivity contribution in [1.29, 1.82) is 0 Å². The molecule has 22 heavy (non-hydrogen) atoms. The van der Waals surface area contributed by atoms with Crippen LogP contribution in [-0.4, -0.2) is 24.5 Å². The third-order valence-corrected chi connectivity index (χ3v) is 5.92. The molecule has 0 saturated carbocycles. The molecule has 1 spiro atoms. The van der Waals surface area contributed by atoms with Gasteiger partial charge in [-0.1, -0.05) is 51.1 Å². The van der Waals surface area contributed by atoms with Crippen LogP contribution >= 0.6 is 0 Å². The second-order valence-electron chi connectivity index (χ2n) is 8.41. The van der Waals surface area contributed by atoms with Gasteiger partial charge in [-0.2, -0.15) is 0 Å². The zero-order valence-electron chi connectivity index (χ0n) is 14.6. The summed E-state index contributed by atoms with van der Waals surface area (Å²) in [6.45, 7) is 14.8. The van der Waals surface area contributed by atoms with E-state index in [2.05, 4.69) is 62.6 Å². The van der Waals surface area contributed by atoms with Gasteiger partial charge in [-0.25, -0.2) is 0 Å². The first kappa shape index (κ1) is 15.8. The molecule has 0 bridgehead atoms. The van der Waals surface area contributed by atoms with E-state index in [1.807, 2.05) is 0 Å². The molecular weight excluding hydrogens is 266 g/mol. The number of likely N-dealkylation sites (tertiary alicyclic amines) is 1. The summed E-state index contributed by atoms with van der Waals surface area (Å²) < 4.78 is 0. The monoisotopic (exact) mass is 297 g/mol. The fourth-order valence-corrected chi connectivity index (χ4v) is 4.89. The van der Waals surface area contributed by atoms with Crippen molar-refractivity contribution in [2.24, 2.45) is 5.41 Å². The Hall–Kier alpha value is -1.08. The number of allylic oxidation sites excluding steroid dienone is 1. The maximum Gasteiger partial charge on any atom is 0.00357 e. The van der Waals surface area contributed by atoms with Crippen LogP contribution in [0.3, 0.4) is 0 Å². The van der Waals surface area contributed by atoms with Gasteiger partial charge < -0.3 is 4.90 Å². The molecule has 1 atom stereocenters. The quantitative estimate of drug-likeness (QED) is 0.696. The normalized spacial score (nSPS) is 24.4. The number of piperidine rings is 1. The fraction of sp³-hybridized carbons (Fsp3) is 0.619. The van der Waals surface area contributed by atoms with E-state index < -0.39 is 0 Å². The topological polar surface area (TPSA) is 3.24 Å². The highest BCUT2D eigenvalue weighted by Gasteiger charge is 2.44. The maximum atomic E-state index is 3.91. The standard InChI is InChI=1S/C21H31N/c1-5-10-20(3,4)16-22-13-11-21(12-14-22)15-17(2)18-8-6-7-9-19(18)21/h5-9,17H,1,10-16H2,2-4H3. The first-order valence-electron chi connectivity index (χ1n) is 8.88. The molecule has 3 rings (SSSR count). The van der Waals surface area contributed by atoms with Crippen LogP contribution in [-0.2, 0) is 5.41 Å². The van der Waals surface area contributed by atoms with Gasteiger partial charge in [0, 0.05) is 6.54 Å². The largest absolute Gasteiger partial charge is 0.303 e. The Labute approximate surface area is 136 Å². The molecule has 0 amide bonds. The van der Waals surface area contributed by atoms with Gasteiger partial charge >= 0.3 is 0 Å². The molecule has 1 saturated heterocycles. The van der Waals surface area contributed by atoms with E-state index >= 15 is 0 Å². The van der Waals surface area contributed by atoms with Crippen molar-refractivity contribution in [2.75, 3.05) is 19.6 Å². The van der Waals surface area contributed by atoms with Crippen LogP contribution in [0.1, 0.15) is 63.5 Å². The van der Waals surface area contributed by atoms with Crippen LogP contribution in [0.25, 0.3) is 0 Å². The molecule has 2 aliphatic rings. The molecule has 1 fully saturated rings. The van der Waals surface area contributed by atoms with Gasteiger partial charge in [0.05, 0.1) is 0 Å². The Morgan fingerprint density at radius 2 is 1.95 bits per heavy atom. The summed E-state index contributed by atoms with van der Waals surface area (Å²) >= 11 is 0. The summed E-state index contributed by atoms with van der Waals surface area (Å²) in [5.74, 6) is 0.736. The summed E-state index contributed by atoms with van der Waals surface area (Å²) in [5, 5.41) is 0. The van der Waals surface area contributed by atoms with Gasteiger partial charge in [0.25, 0.3) is 0 Å². The second-order valence-corrected chi connectivity index (χ2v) is 8.41. The average Bonchev–Trinajstić information content (AvgIpc) is 2.75. The van der Waals surface area contributed by atoms with E-state index in [0.29, 0.717) is 10.8 Å². The molecule has 0 radical (unpaired) electrons. The third kappa shape index (κ3) is 2.88. The van der Waals surface area contributed by atoms with Crippen molar-refractivity contribution in [3.05, 3.63) is 48.0 Å². The summed E-state index contributed by atoms with van der Waals surface area (Å²) in [5.41, 5.74) is 4.10. The van der Waals surface area contributed by atoms with Gasteiger partial charge in [0.2, 0.25) is 0 Å². The Balaban J connectivity index is 1.69. The number of hydrogen-bond donors (Lipinski definition) is 0. The maximum absolute atomic E-state index is 3.91. The van der Waals surface area contributed by atoms with Crippen LogP contribution in [0, 0.1) is 5.41 Å². The van der Waals surface area contributed by atoms with Crippen molar-refractivity contribution in [2.45, 2.75) is 57.8 Å². The second kappa shape index (κ2) is 5.85. The van der Waals surface area contributed by atoms with Crippen molar-refractivity contribution < 1.29 is 0 Å². The van der Waals surface area contributed by atoms with E-state index in [0.717, 1.165) is 12.3 Å². The predicted octanol–water partition coefficient (Wildman–Crippen LogP) is 5.13. The van der Waals surface area contributed by atoms with E-state index in [1.165, 1.54) is 38.9 Å². The predicted molar refractivity (Wildman–Crippen MR) is 95.4 cm³/mol. The molecular formula is C21H31N. The van der Waals surface area contributed by atoms with Gasteiger partial charge in [0.15, 0.2) is 0 Å². The first-order chi connectivity index (χ1) is 10.5. The summed E-state index contributed by atoms with van der Waals surface area (Å²) in [6, 6.07) is 9.20. The van der Waals surface area contributed by atoms with Crippen molar-refractivity contribution in [3.63, 3.8) is 0 Å². The fourth-order valence-electron chi connectivity index (χ4n) is 4.89. The lowest BCUT2D eigenvalue weighted by Crippen LogP contribution is -2.45. The van der Waals surface area contributed by atoms with Crippen molar-refractivity contribution in [3.8, 4) is 0 Å². The zero-order valence-corrected chi connectivity index (χ0v) is 14.6. The summed E-state index contributed by atoms with van der Waals surface area (Å²) in [7, 11) is 0. The van der Waals surface area contributed by atoms with Crippen LogP contribution < -0.4 is 0 Å².